The molecule has 0 spiro atoms. The molecule has 1 rings (SSSR count). The summed E-state index contributed by atoms with van der Waals surface area (Å²) in [4.78, 5) is 23.0. The highest BCUT2D eigenvalue weighted by atomic mass is 35.5. The van der Waals surface area contributed by atoms with Crippen LogP contribution in [0.25, 0.3) is 0 Å². The van der Waals surface area contributed by atoms with Gasteiger partial charge in [-0.25, -0.2) is 4.79 Å². The van der Waals surface area contributed by atoms with Crippen LogP contribution >= 0.6 is 11.6 Å². The van der Waals surface area contributed by atoms with Crippen LogP contribution in [0.15, 0.2) is 24.3 Å². The Hall–Kier alpha value is -1.75. The second-order valence-corrected chi connectivity index (χ2v) is 3.83. The van der Waals surface area contributed by atoms with Crippen molar-refractivity contribution < 1.29 is 19.4 Å². The maximum atomic E-state index is 11.5. The first-order valence-corrected chi connectivity index (χ1v) is 5.27. The van der Waals surface area contributed by atoms with E-state index in [-0.39, 0.29) is 13.0 Å². The predicted molar refractivity (Wildman–Crippen MR) is 62.4 cm³/mol. The maximum Gasteiger partial charge on any atom is 0.414 e. The van der Waals surface area contributed by atoms with E-state index in [1.807, 2.05) is 0 Å². The molecule has 0 aliphatic heterocycles. The molecule has 0 fully saturated rings. The van der Waals surface area contributed by atoms with Crippen LogP contribution in [0.5, 0.6) is 5.75 Å². The number of nitrogens with zero attached hydrogens (tertiary/aromatic N) is 1. The smallest absolute Gasteiger partial charge is 0.414 e. The van der Waals surface area contributed by atoms with E-state index >= 15 is 0 Å². The number of carboxylic acids is 1. The third kappa shape index (κ3) is 4.74. The van der Waals surface area contributed by atoms with Crippen LogP contribution in [0.2, 0.25) is 5.02 Å². The number of rotatable bonds is 4. The molecule has 1 aromatic carbocycles. The normalized spacial score (nSPS) is 9.76. The molecule has 0 aliphatic carbocycles. The van der Waals surface area contributed by atoms with Crippen molar-refractivity contribution >= 4 is 23.7 Å². The average Bonchev–Trinajstić information content (AvgIpc) is 2.25. The molecule has 1 N–H and O–H groups in total. The highest BCUT2D eigenvalue weighted by molar-refractivity contribution is 6.30. The number of hydrogen-bond donors (Lipinski definition) is 1. The molecule has 1 amide bonds. The van der Waals surface area contributed by atoms with Crippen molar-refractivity contribution in [3.63, 3.8) is 0 Å². The van der Waals surface area contributed by atoms with E-state index in [1.165, 1.54) is 18.0 Å². The Balaban J connectivity index is 2.51. The number of aliphatic carboxylic acids is 1. The van der Waals surface area contributed by atoms with Gasteiger partial charge in [0.2, 0.25) is 0 Å². The Kier molecular flexibility index (Phi) is 4.78. The van der Waals surface area contributed by atoms with Gasteiger partial charge in [-0.15, -0.1) is 0 Å². The van der Waals surface area contributed by atoms with Crippen molar-refractivity contribution in [2.24, 2.45) is 0 Å². The Labute approximate surface area is 104 Å². The Morgan fingerprint density at radius 3 is 2.76 bits per heavy atom. The second-order valence-electron chi connectivity index (χ2n) is 3.39. The second kappa shape index (κ2) is 6.10. The molecular formula is C11H12ClNO4. The first kappa shape index (κ1) is 13.3. The number of hydrogen-bond acceptors (Lipinski definition) is 3. The summed E-state index contributed by atoms with van der Waals surface area (Å²) in [5.41, 5.74) is 0. The molecule has 17 heavy (non-hydrogen) atoms. The molecule has 0 aliphatic rings. The van der Waals surface area contributed by atoms with Crippen molar-refractivity contribution in [3.8, 4) is 5.75 Å². The summed E-state index contributed by atoms with van der Waals surface area (Å²) in [6.45, 7) is 0.0920. The van der Waals surface area contributed by atoms with Gasteiger partial charge < -0.3 is 14.7 Å². The van der Waals surface area contributed by atoms with Crippen LogP contribution in [0, 0.1) is 0 Å². The number of benzene rings is 1. The Morgan fingerprint density at radius 1 is 1.47 bits per heavy atom. The number of carbonyl (C=O) groups is 2. The van der Waals surface area contributed by atoms with Gasteiger partial charge in [-0.3, -0.25) is 4.79 Å². The van der Waals surface area contributed by atoms with Crippen LogP contribution in [0.1, 0.15) is 6.42 Å². The van der Waals surface area contributed by atoms with Crippen molar-refractivity contribution in [1.82, 2.24) is 4.90 Å². The van der Waals surface area contributed by atoms with E-state index in [0.717, 1.165) is 0 Å². The summed E-state index contributed by atoms with van der Waals surface area (Å²) in [5, 5.41) is 8.94. The minimum atomic E-state index is -0.965. The third-order valence-electron chi connectivity index (χ3n) is 1.97. The number of carboxylic acid groups (broad SMARTS) is 1. The summed E-state index contributed by atoms with van der Waals surface area (Å²) >= 11 is 5.73. The van der Waals surface area contributed by atoms with Gasteiger partial charge in [-0.2, -0.15) is 0 Å². The van der Waals surface area contributed by atoms with Crippen LogP contribution in [0.3, 0.4) is 0 Å². The van der Waals surface area contributed by atoms with Crippen LogP contribution in [0.4, 0.5) is 4.79 Å². The monoisotopic (exact) mass is 257 g/mol. The molecule has 0 aromatic heterocycles. The standard InChI is InChI=1S/C11H12ClNO4/c1-13(6-5-10(14)15)11(16)17-9-4-2-3-8(12)7-9/h2-4,7H,5-6H2,1H3,(H,14,15). The number of halogens is 1. The lowest BCUT2D eigenvalue weighted by atomic mass is 10.3. The van der Waals surface area contributed by atoms with Gasteiger partial charge in [0, 0.05) is 18.6 Å². The average molecular weight is 258 g/mol. The molecule has 0 saturated heterocycles. The summed E-state index contributed by atoms with van der Waals surface area (Å²) in [7, 11) is 1.47. The molecule has 5 nitrogen and oxygen atoms in total. The van der Waals surface area contributed by atoms with Crippen LogP contribution in [-0.4, -0.2) is 35.7 Å². The van der Waals surface area contributed by atoms with E-state index in [9.17, 15) is 9.59 Å². The van der Waals surface area contributed by atoms with Crippen molar-refractivity contribution in [3.05, 3.63) is 29.3 Å². The number of ether oxygens (including phenoxy) is 1. The van der Waals surface area contributed by atoms with Gasteiger partial charge in [0.05, 0.1) is 6.42 Å². The minimum absolute atomic E-state index is 0.0920. The Bertz CT molecular complexity index is 422. The zero-order valence-corrected chi connectivity index (χ0v) is 9.98. The van der Waals surface area contributed by atoms with E-state index in [0.29, 0.717) is 10.8 Å². The zero-order chi connectivity index (χ0) is 12.8. The lowest BCUT2D eigenvalue weighted by molar-refractivity contribution is -0.137. The molecule has 0 atom stereocenters. The maximum absolute atomic E-state index is 11.5. The fourth-order valence-electron chi connectivity index (χ4n) is 1.06. The quantitative estimate of drug-likeness (QED) is 0.898. The van der Waals surface area contributed by atoms with Gasteiger partial charge >= 0.3 is 12.1 Å². The van der Waals surface area contributed by atoms with Crippen LogP contribution < -0.4 is 4.74 Å². The van der Waals surface area contributed by atoms with Crippen molar-refractivity contribution in [1.29, 1.82) is 0 Å². The van der Waals surface area contributed by atoms with E-state index in [1.54, 1.807) is 18.2 Å². The lowest BCUT2D eigenvalue weighted by Gasteiger charge is -2.15. The molecule has 92 valence electrons. The first-order valence-electron chi connectivity index (χ1n) is 4.89. The molecule has 6 heteroatoms. The lowest BCUT2D eigenvalue weighted by Crippen LogP contribution is -2.31. The summed E-state index contributed by atoms with van der Waals surface area (Å²) in [5.74, 6) is -0.642. The largest absolute Gasteiger partial charge is 0.481 e. The van der Waals surface area contributed by atoms with Gasteiger partial charge in [0.25, 0.3) is 0 Å². The zero-order valence-electron chi connectivity index (χ0n) is 9.22. The fraction of sp³-hybridized carbons (Fsp3) is 0.273. The molecule has 0 saturated carbocycles. The van der Waals surface area contributed by atoms with E-state index < -0.39 is 12.1 Å². The Morgan fingerprint density at radius 2 is 2.18 bits per heavy atom. The molecule has 0 radical (unpaired) electrons. The van der Waals surface area contributed by atoms with Gasteiger partial charge in [0.1, 0.15) is 5.75 Å². The summed E-state index contributed by atoms with van der Waals surface area (Å²) in [6, 6.07) is 6.41. The highest BCUT2D eigenvalue weighted by Crippen LogP contribution is 2.17. The van der Waals surface area contributed by atoms with Crippen LogP contribution in [-0.2, 0) is 4.79 Å². The SMILES string of the molecule is CN(CCC(=O)O)C(=O)Oc1cccc(Cl)c1. The molecule has 0 unspecified atom stereocenters. The van der Waals surface area contributed by atoms with Crippen molar-refractivity contribution in [2.75, 3.05) is 13.6 Å². The van der Waals surface area contributed by atoms with E-state index in [2.05, 4.69) is 0 Å². The highest BCUT2D eigenvalue weighted by Gasteiger charge is 2.12. The van der Waals surface area contributed by atoms with Crippen molar-refractivity contribution in [2.45, 2.75) is 6.42 Å². The number of carbonyl (C=O) groups excluding carboxylic acids is 1. The predicted octanol–water partition coefficient (Wildman–Crippen LogP) is 2.25. The fourth-order valence-corrected chi connectivity index (χ4v) is 1.24. The molecular weight excluding hydrogens is 246 g/mol. The molecule has 0 heterocycles. The summed E-state index contributed by atoms with van der Waals surface area (Å²) in [6.07, 6.45) is -0.741. The van der Waals surface area contributed by atoms with E-state index in [4.69, 9.17) is 21.4 Å². The van der Waals surface area contributed by atoms with Gasteiger partial charge in [-0.1, -0.05) is 17.7 Å². The topological polar surface area (TPSA) is 66.8 Å². The first-order chi connectivity index (χ1) is 7.99. The third-order valence-corrected chi connectivity index (χ3v) is 2.21. The number of amides is 1. The summed E-state index contributed by atoms with van der Waals surface area (Å²) < 4.78 is 5.00. The molecule has 0 bridgehead atoms. The minimum Gasteiger partial charge on any atom is -0.481 e. The molecule has 1 aromatic rings. The van der Waals surface area contributed by atoms with Gasteiger partial charge in [-0.05, 0) is 18.2 Å². The van der Waals surface area contributed by atoms with Gasteiger partial charge in [0.15, 0.2) is 0 Å².